The van der Waals surface area contributed by atoms with E-state index < -0.39 is 55.0 Å². The molecule has 3 rings (SSSR count). The van der Waals surface area contributed by atoms with Gasteiger partial charge in [-0.25, -0.2) is 24.2 Å². The van der Waals surface area contributed by atoms with Crippen LogP contribution in [0.2, 0.25) is 0 Å². The highest BCUT2D eigenvalue weighted by atomic mass is 19.4. The Kier molecular flexibility index (Phi) is 12.5. The lowest BCUT2D eigenvalue weighted by Crippen LogP contribution is -2.41. The Labute approximate surface area is 256 Å². The Bertz CT molecular complexity index is 1450. The van der Waals surface area contributed by atoms with Crippen molar-refractivity contribution in [1.29, 1.82) is 0 Å². The number of hydrogen-bond donors (Lipinski definition) is 4. The maximum atomic E-state index is 12.6. The molecule has 3 aromatic carbocycles. The highest BCUT2D eigenvalue weighted by Gasteiger charge is 2.43. The Morgan fingerprint density at radius 1 is 0.711 bits per heavy atom. The first kappa shape index (κ1) is 34.1. The number of rotatable bonds is 12. The second kappa shape index (κ2) is 16.4. The lowest BCUT2D eigenvalue weighted by Gasteiger charge is -2.19. The zero-order valence-electron chi connectivity index (χ0n) is 24.1. The quantitative estimate of drug-likeness (QED) is 0.175. The van der Waals surface area contributed by atoms with Crippen molar-refractivity contribution in [3.8, 4) is 11.1 Å². The van der Waals surface area contributed by atoms with Gasteiger partial charge in [0.2, 0.25) is 11.8 Å². The number of urea groups is 1. The second-order valence-electron chi connectivity index (χ2n) is 9.70. The van der Waals surface area contributed by atoms with Gasteiger partial charge in [-0.1, -0.05) is 84.9 Å². The number of benzene rings is 3. The van der Waals surface area contributed by atoms with Gasteiger partial charge in [0, 0.05) is 13.0 Å². The predicted octanol–water partition coefficient (Wildman–Crippen LogP) is 4.03. The summed E-state index contributed by atoms with van der Waals surface area (Å²) < 4.78 is 37.1. The summed E-state index contributed by atoms with van der Waals surface area (Å²) in [6.45, 7) is 1.28. The molecule has 4 amide bonds. The Morgan fingerprint density at radius 3 is 1.93 bits per heavy atom. The van der Waals surface area contributed by atoms with Crippen molar-refractivity contribution in [2.75, 3.05) is 13.1 Å². The predicted molar refractivity (Wildman–Crippen MR) is 155 cm³/mol. The number of alkyl halides is 3. The van der Waals surface area contributed by atoms with Gasteiger partial charge in [0.05, 0.1) is 25.0 Å². The zero-order chi connectivity index (χ0) is 32.8. The number of nitrogens with one attached hydrogen (secondary N) is 4. The largest absolute Gasteiger partial charge is 0.495 e. The van der Waals surface area contributed by atoms with Crippen molar-refractivity contribution < 1.29 is 46.9 Å². The van der Waals surface area contributed by atoms with Gasteiger partial charge in [-0.05, 0) is 29.2 Å². The summed E-state index contributed by atoms with van der Waals surface area (Å²) in [5, 5.41) is 10.2. The summed E-state index contributed by atoms with van der Waals surface area (Å²) in [4.78, 5) is 67.6. The van der Waals surface area contributed by atoms with Gasteiger partial charge in [0.15, 0.2) is 0 Å². The van der Waals surface area contributed by atoms with Crippen LogP contribution < -0.4 is 21.3 Å². The molecule has 0 radical (unpaired) electrons. The van der Waals surface area contributed by atoms with Crippen LogP contribution in [0.15, 0.2) is 84.9 Å². The molecule has 0 saturated heterocycles. The first-order valence-corrected chi connectivity index (χ1v) is 13.7. The molecule has 0 saturated carbocycles. The van der Waals surface area contributed by atoms with Crippen LogP contribution in [0.4, 0.5) is 18.0 Å². The first-order valence-electron chi connectivity index (χ1n) is 13.7. The van der Waals surface area contributed by atoms with Gasteiger partial charge in [-0.15, -0.1) is 0 Å². The van der Waals surface area contributed by atoms with Crippen molar-refractivity contribution in [2.45, 2.75) is 38.0 Å². The van der Waals surface area contributed by atoms with Crippen molar-refractivity contribution in [3.63, 3.8) is 0 Å². The molecule has 0 aliphatic carbocycles. The van der Waals surface area contributed by atoms with Crippen molar-refractivity contribution in [1.82, 2.24) is 21.3 Å². The molecule has 4 N–H and O–H groups in total. The van der Waals surface area contributed by atoms with E-state index in [2.05, 4.69) is 31.0 Å². The molecule has 2 atom stereocenters. The van der Waals surface area contributed by atoms with Crippen LogP contribution in [0.5, 0.6) is 0 Å². The highest BCUT2D eigenvalue weighted by Crippen LogP contribution is 2.24. The molecule has 0 aromatic heterocycles. The van der Waals surface area contributed by atoms with Crippen LogP contribution in [0.1, 0.15) is 43.0 Å². The minimum atomic E-state index is -5.38. The molecule has 0 spiro atoms. The standard InChI is InChI=1S/C31H31F3N4O7/c1-20(21-8-4-2-5-9-21)37-30(43)35-17-16-26(39)36-19-27(40)38-25(18-28(41)44-45-29(42)31(32,33)34)24-14-12-23(13-15-24)22-10-6-3-7-11-22/h2-15,20,25H,16-19H2,1H3,(H,36,39)(H,38,40)(H2,35,37,43). The highest BCUT2D eigenvalue weighted by molar-refractivity contribution is 5.86. The van der Waals surface area contributed by atoms with E-state index in [4.69, 9.17) is 0 Å². The summed E-state index contributed by atoms with van der Waals surface area (Å²) in [5.74, 6) is -5.37. The summed E-state index contributed by atoms with van der Waals surface area (Å²) in [5.41, 5.74) is 2.99. The van der Waals surface area contributed by atoms with Crippen LogP contribution in [0.3, 0.4) is 0 Å². The molecule has 0 heterocycles. The fourth-order valence-electron chi connectivity index (χ4n) is 4.00. The molecule has 238 valence electrons. The first-order chi connectivity index (χ1) is 21.4. The third-order valence-corrected chi connectivity index (χ3v) is 6.30. The van der Waals surface area contributed by atoms with Crippen LogP contribution in [-0.2, 0) is 29.0 Å². The maximum absolute atomic E-state index is 12.6. The smallest absolute Gasteiger partial charge is 0.347 e. The molecule has 11 nitrogen and oxygen atoms in total. The fraction of sp³-hybridized carbons (Fsp3) is 0.258. The second-order valence-corrected chi connectivity index (χ2v) is 9.70. The number of amides is 4. The summed E-state index contributed by atoms with van der Waals surface area (Å²) >= 11 is 0. The molecule has 0 aliphatic rings. The number of hydrogen-bond acceptors (Lipinski definition) is 7. The molecule has 0 aliphatic heterocycles. The lowest BCUT2D eigenvalue weighted by molar-refractivity contribution is -0.286. The monoisotopic (exact) mass is 628 g/mol. The third kappa shape index (κ3) is 11.7. The maximum Gasteiger partial charge on any atom is 0.495 e. The van der Waals surface area contributed by atoms with Gasteiger partial charge < -0.3 is 21.3 Å². The average Bonchev–Trinajstić information content (AvgIpc) is 3.02. The molecule has 45 heavy (non-hydrogen) atoms. The molecular formula is C31H31F3N4O7. The van der Waals surface area contributed by atoms with Gasteiger partial charge >= 0.3 is 24.1 Å². The molecule has 0 bridgehead atoms. The number of carbonyl (C=O) groups is 5. The van der Waals surface area contributed by atoms with Crippen LogP contribution in [0.25, 0.3) is 11.1 Å². The Morgan fingerprint density at radius 2 is 1.31 bits per heavy atom. The van der Waals surface area contributed by atoms with E-state index in [1.165, 1.54) is 0 Å². The van der Waals surface area contributed by atoms with Gasteiger partial charge in [0.1, 0.15) is 0 Å². The van der Waals surface area contributed by atoms with E-state index >= 15 is 0 Å². The van der Waals surface area contributed by atoms with E-state index in [1.807, 2.05) is 60.7 Å². The van der Waals surface area contributed by atoms with E-state index in [1.54, 1.807) is 31.2 Å². The Hall–Kier alpha value is -5.40. The van der Waals surface area contributed by atoms with Gasteiger partial charge in [-0.2, -0.15) is 13.2 Å². The normalized spacial score (nSPS) is 12.2. The molecule has 3 aromatic rings. The average molecular weight is 629 g/mol. The van der Waals surface area contributed by atoms with Crippen molar-refractivity contribution in [2.24, 2.45) is 0 Å². The zero-order valence-corrected chi connectivity index (χ0v) is 24.1. The van der Waals surface area contributed by atoms with E-state index in [0.29, 0.717) is 5.56 Å². The summed E-state index contributed by atoms with van der Waals surface area (Å²) in [7, 11) is 0. The minimum absolute atomic E-state index is 0.0142. The van der Waals surface area contributed by atoms with E-state index in [0.717, 1.165) is 16.7 Å². The molecule has 14 heteroatoms. The topological polar surface area (TPSA) is 152 Å². The Balaban J connectivity index is 1.52. The molecular weight excluding hydrogens is 597 g/mol. The van der Waals surface area contributed by atoms with Crippen LogP contribution in [-0.4, -0.2) is 49.0 Å². The lowest BCUT2D eigenvalue weighted by atomic mass is 9.99. The SMILES string of the molecule is CC(NC(=O)NCCC(=O)NCC(=O)NC(CC(=O)OOC(=O)C(F)(F)F)c1ccc(-c2ccccc2)cc1)c1ccccc1. The van der Waals surface area contributed by atoms with Crippen LogP contribution >= 0.6 is 0 Å². The summed E-state index contributed by atoms with van der Waals surface area (Å²) in [6, 6.07) is 23.3. The number of carbonyl (C=O) groups excluding carboxylic acids is 5. The summed E-state index contributed by atoms with van der Waals surface area (Å²) in [6.07, 6.45) is -6.21. The van der Waals surface area contributed by atoms with E-state index in [9.17, 15) is 37.1 Å². The van der Waals surface area contributed by atoms with Crippen molar-refractivity contribution in [3.05, 3.63) is 96.1 Å². The third-order valence-electron chi connectivity index (χ3n) is 6.30. The van der Waals surface area contributed by atoms with E-state index in [-0.39, 0.29) is 19.0 Å². The molecule has 0 fully saturated rings. The van der Waals surface area contributed by atoms with Crippen LogP contribution in [0, 0.1) is 0 Å². The molecule has 2 unspecified atom stereocenters. The van der Waals surface area contributed by atoms with Crippen molar-refractivity contribution >= 4 is 29.8 Å². The van der Waals surface area contributed by atoms with Gasteiger partial charge in [0.25, 0.3) is 0 Å². The van der Waals surface area contributed by atoms with Gasteiger partial charge in [-0.3, -0.25) is 9.59 Å². The number of halogens is 3. The minimum Gasteiger partial charge on any atom is -0.347 e. The fourth-order valence-corrected chi connectivity index (χ4v) is 4.00.